The molecule has 0 atom stereocenters. The number of rotatable bonds is 11. The fraction of sp³-hybridized carbons (Fsp3) is 0.647. The third-order valence-corrected chi connectivity index (χ3v) is 3.10. The second-order valence-corrected chi connectivity index (χ2v) is 5.55. The molecular formula is C17H28FNO2. The molecule has 0 aliphatic carbocycles. The van der Waals surface area contributed by atoms with E-state index in [1.165, 1.54) is 6.07 Å². The highest BCUT2D eigenvalue weighted by Gasteiger charge is 2.09. The fourth-order valence-corrected chi connectivity index (χ4v) is 1.88. The number of halogens is 1. The van der Waals surface area contributed by atoms with Gasteiger partial charge in [-0.1, -0.05) is 32.9 Å². The van der Waals surface area contributed by atoms with Gasteiger partial charge in [-0.2, -0.15) is 0 Å². The van der Waals surface area contributed by atoms with Crippen molar-refractivity contribution in [3.05, 3.63) is 29.6 Å². The molecule has 0 unspecified atom stereocenters. The first-order valence-electron chi connectivity index (χ1n) is 7.83. The minimum atomic E-state index is -0.312. The standard InChI is InChI=1S/C17H28FNO2/c1-4-9-19-13-15-6-5-7-16(18)17(15)21-12-11-20-10-8-14(2)3/h5-7,14,19H,4,8-13H2,1-3H3. The third-order valence-electron chi connectivity index (χ3n) is 3.10. The highest BCUT2D eigenvalue weighted by atomic mass is 19.1. The van der Waals surface area contributed by atoms with Crippen LogP contribution in [0.3, 0.4) is 0 Å². The van der Waals surface area contributed by atoms with Gasteiger partial charge < -0.3 is 14.8 Å². The van der Waals surface area contributed by atoms with E-state index >= 15 is 0 Å². The lowest BCUT2D eigenvalue weighted by molar-refractivity contribution is 0.0909. The Morgan fingerprint density at radius 3 is 2.71 bits per heavy atom. The molecule has 0 saturated carbocycles. The third kappa shape index (κ3) is 7.44. The van der Waals surface area contributed by atoms with Crippen molar-refractivity contribution in [2.75, 3.05) is 26.4 Å². The van der Waals surface area contributed by atoms with Crippen molar-refractivity contribution in [2.24, 2.45) is 5.92 Å². The van der Waals surface area contributed by atoms with Crippen LogP contribution in [0.15, 0.2) is 18.2 Å². The molecule has 1 aromatic rings. The van der Waals surface area contributed by atoms with Crippen LogP contribution < -0.4 is 10.1 Å². The zero-order valence-corrected chi connectivity index (χ0v) is 13.5. The van der Waals surface area contributed by atoms with Crippen LogP contribution in [0.5, 0.6) is 5.75 Å². The summed E-state index contributed by atoms with van der Waals surface area (Å²) >= 11 is 0. The van der Waals surface area contributed by atoms with E-state index in [1.54, 1.807) is 6.07 Å². The monoisotopic (exact) mass is 297 g/mol. The highest BCUT2D eigenvalue weighted by Crippen LogP contribution is 2.22. The van der Waals surface area contributed by atoms with Crippen molar-refractivity contribution in [1.29, 1.82) is 0 Å². The normalized spacial score (nSPS) is 11.1. The van der Waals surface area contributed by atoms with Gasteiger partial charge in [0.2, 0.25) is 0 Å². The molecule has 21 heavy (non-hydrogen) atoms. The average Bonchev–Trinajstić information content (AvgIpc) is 2.44. The number of para-hydroxylation sites is 1. The summed E-state index contributed by atoms with van der Waals surface area (Å²) in [5.74, 6) is 0.662. The number of nitrogens with one attached hydrogen (secondary N) is 1. The first kappa shape index (κ1) is 17.9. The summed E-state index contributed by atoms with van der Waals surface area (Å²) in [5, 5.41) is 3.26. The molecule has 1 aromatic carbocycles. The highest BCUT2D eigenvalue weighted by molar-refractivity contribution is 5.34. The van der Waals surface area contributed by atoms with E-state index in [-0.39, 0.29) is 5.82 Å². The number of ether oxygens (including phenoxy) is 2. The summed E-state index contributed by atoms with van der Waals surface area (Å²) in [6.07, 6.45) is 2.08. The minimum absolute atomic E-state index is 0.312. The van der Waals surface area contributed by atoms with Crippen LogP contribution in [0.2, 0.25) is 0 Å². The zero-order valence-electron chi connectivity index (χ0n) is 13.5. The topological polar surface area (TPSA) is 30.5 Å². The van der Waals surface area contributed by atoms with E-state index in [0.717, 1.165) is 31.6 Å². The second kappa shape index (κ2) is 10.6. The van der Waals surface area contributed by atoms with Crippen molar-refractivity contribution in [3.63, 3.8) is 0 Å². The zero-order chi connectivity index (χ0) is 15.5. The molecule has 0 amide bonds. The maximum absolute atomic E-state index is 13.8. The molecule has 0 saturated heterocycles. The van der Waals surface area contributed by atoms with E-state index in [4.69, 9.17) is 9.47 Å². The molecule has 0 aliphatic rings. The SMILES string of the molecule is CCCNCc1cccc(F)c1OCCOCCC(C)C. The van der Waals surface area contributed by atoms with Crippen LogP contribution in [-0.2, 0) is 11.3 Å². The quantitative estimate of drug-likeness (QED) is 0.631. The van der Waals surface area contributed by atoms with E-state index < -0.39 is 0 Å². The molecule has 0 spiro atoms. The van der Waals surface area contributed by atoms with Crippen LogP contribution in [0.1, 0.15) is 39.2 Å². The maximum Gasteiger partial charge on any atom is 0.165 e. The van der Waals surface area contributed by atoms with Gasteiger partial charge >= 0.3 is 0 Å². The largest absolute Gasteiger partial charge is 0.488 e. The Balaban J connectivity index is 2.38. The lowest BCUT2D eigenvalue weighted by Gasteiger charge is -2.13. The van der Waals surface area contributed by atoms with Crippen LogP contribution in [0, 0.1) is 11.7 Å². The van der Waals surface area contributed by atoms with Gasteiger partial charge in [-0.05, 0) is 31.4 Å². The molecule has 1 N–H and O–H groups in total. The van der Waals surface area contributed by atoms with Crippen molar-refractivity contribution in [1.82, 2.24) is 5.32 Å². The number of hydrogen-bond donors (Lipinski definition) is 1. The molecule has 0 radical (unpaired) electrons. The molecule has 120 valence electrons. The molecule has 0 aliphatic heterocycles. The molecule has 3 nitrogen and oxygen atoms in total. The summed E-state index contributed by atoms with van der Waals surface area (Å²) < 4.78 is 24.9. The van der Waals surface area contributed by atoms with Gasteiger partial charge in [0.25, 0.3) is 0 Å². The number of hydrogen-bond acceptors (Lipinski definition) is 3. The smallest absolute Gasteiger partial charge is 0.165 e. The van der Waals surface area contributed by atoms with Gasteiger partial charge in [0.1, 0.15) is 6.61 Å². The summed E-state index contributed by atoms with van der Waals surface area (Å²) in [4.78, 5) is 0. The summed E-state index contributed by atoms with van der Waals surface area (Å²) in [5.41, 5.74) is 0.852. The Morgan fingerprint density at radius 2 is 2.00 bits per heavy atom. The van der Waals surface area contributed by atoms with Gasteiger partial charge in [0.05, 0.1) is 6.61 Å². The van der Waals surface area contributed by atoms with Gasteiger partial charge in [0, 0.05) is 18.7 Å². The average molecular weight is 297 g/mol. The lowest BCUT2D eigenvalue weighted by Crippen LogP contribution is -2.16. The van der Waals surface area contributed by atoms with Crippen molar-refractivity contribution in [2.45, 2.75) is 40.2 Å². The van der Waals surface area contributed by atoms with Crippen LogP contribution in [0.4, 0.5) is 4.39 Å². The van der Waals surface area contributed by atoms with E-state index in [9.17, 15) is 4.39 Å². The van der Waals surface area contributed by atoms with Crippen molar-refractivity contribution < 1.29 is 13.9 Å². The van der Waals surface area contributed by atoms with Gasteiger partial charge in [-0.15, -0.1) is 0 Å². The first-order valence-corrected chi connectivity index (χ1v) is 7.83. The van der Waals surface area contributed by atoms with Gasteiger partial charge in [-0.3, -0.25) is 0 Å². The van der Waals surface area contributed by atoms with Gasteiger partial charge in [0.15, 0.2) is 11.6 Å². The number of benzene rings is 1. The van der Waals surface area contributed by atoms with E-state index in [1.807, 2.05) is 6.07 Å². The molecule has 0 bridgehead atoms. The lowest BCUT2D eigenvalue weighted by atomic mass is 10.1. The Labute approximate surface area is 127 Å². The Morgan fingerprint density at radius 1 is 1.19 bits per heavy atom. The molecule has 0 aromatic heterocycles. The van der Waals surface area contributed by atoms with Crippen LogP contribution in [-0.4, -0.2) is 26.4 Å². The fourth-order valence-electron chi connectivity index (χ4n) is 1.88. The second-order valence-electron chi connectivity index (χ2n) is 5.55. The van der Waals surface area contributed by atoms with E-state index in [2.05, 4.69) is 26.1 Å². The Bertz CT molecular complexity index is 396. The molecule has 1 rings (SSSR count). The molecule has 4 heteroatoms. The summed E-state index contributed by atoms with van der Waals surface area (Å²) in [7, 11) is 0. The Hall–Kier alpha value is -1.13. The van der Waals surface area contributed by atoms with Crippen LogP contribution in [0.25, 0.3) is 0 Å². The predicted molar refractivity (Wildman–Crippen MR) is 84.2 cm³/mol. The van der Waals surface area contributed by atoms with Crippen LogP contribution >= 0.6 is 0 Å². The van der Waals surface area contributed by atoms with E-state index in [0.29, 0.717) is 31.4 Å². The molecular weight excluding hydrogens is 269 g/mol. The van der Waals surface area contributed by atoms with Gasteiger partial charge in [-0.25, -0.2) is 4.39 Å². The minimum Gasteiger partial charge on any atom is -0.488 e. The molecule has 0 fully saturated rings. The maximum atomic E-state index is 13.8. The van der Waals surface area contributed by atoms with Crippen molar-refractivity contribution in [3.8, 4) is 5.75 Å². The summed E-state index contributed by atoms with van der Waals surface area (Å²) in [6.45, 7) is 9.55. The van der Waals surface area contributed by atoms with Crippen molar-refractivity contribution >= 4 is 0 Å². The molecule has 0 heterocycles. The predicted octanol–water partition coefficient (Wildman–Crippen LogP) is 3.77. The summed E-state index contributed by atoms with van der Waals surface area (Å²) in [6, 6.07) is 5.03. The first-order chi connectivity index (χ1) is 10.1. The Kier molecular flexibility index (Phi) is 9.02.